The Morgan fingerprint density at radius 2 is 2.16 bits per heavy atom. The maximum Gasteiger partial charge on any atom is 0.257 e. The lowest BCUT2D eigenvalue weighted by atomic mass is 9.83. The standard InChI is InChI=1S/C22H25F3N4O3/c1-21(20(26)31,19-17(23)8-15(10-28-19)32-12-13-2-3-13)29-7-6-22(24,25)16(11-29)14-4-5-18(30)27-9-14/h4-5,8-10,13,16H,2-3,6-7,11-12H2,1H3,(H2,26,31)(H,27,30)/t16-,21?/m1/s1. The topological polar surface area (TPSA) is 101 Å². The molecule has 0 aromatic carbocycles. The zero-order chi connectivity index (χ0) is 23.1. The van der Waals surface area contributed by atoms with Crippen LogP contribution in [-0.2, 0) is 10.3 Å². The largest absolute Gasteiger partial charge is 0.492 e. The lowest BCUT2D eigenvalue weighted by Gasteiger charge is -2.46. The molecule has 32 heavy (non-hydrogen) atoms. The van der Waals surface area contributed by atoms with Crippen molar-refractivity contribution >= 4 is 5.91 Å². The summed E-state index contributed by atoms with van der Waals surface area (Å²) in [6.45, 7) is 1.39. The zero-order valence-electron chi connectivity index (χ0n) is 17.6. The van der Waals surface area contributed by atoms with Gasteiger partial charge in [0.15, 0.2) is 5.82 Å². The molecule has 1 saturated carbocycles. The second-order valence-electron chi connectivity index (χ2n) is 8.69. The average Bonchev–Trinajstić information content (AvgIpc) is 3.57. The number of halogens is 3. The summed E-state index contributed by atoms with van der Waals surface area (Å²) in [7, 11) is 0. The van der Waals surface area contributed by atoms with Crippen LogP contribution in [-0.4, -0.2) is 46.4 Å². The van der Waals surface area contributed by atoms with Crippen LogP contribution in [0.15, 0.2) is 35.4 Å². The van der Waals surface area contributed by atoms with Gasteiger partial charge in [0, 0.05) is 37.8 Å². The number of nitrogens with zero attached hydrogens (tertiary/aromatic N) is 2. The molecule has 2 aromatic heterocycles. The van der Waals surface area contributed by atoms with Crippen LogP contribution in [0.5, 0.6) is 5.75 Å². The quantitative estimate of drug-likeness (QED) is 0.675. The van der Waals surface area contributed by atoms with E-state index in [1.54, 1.807) is 0 Å². The summed E-state index contributed by atoms with van der Waals surface area (Å²) >= 11 is 0. The number of aromatic nitrogens is 2. The number of hydrogen-bond donors (Lipinski definition) is 2. The third-order valence-electron chi connectivity index (χ3n) is 6.41. The first-order chi connectivity index (χ1) is 15.1. The van der Waals surface area contributed by atoms with Gasteiger partial charge in [-0.1, -0.05) is 6.07 Å². The van der Waals surface area contributed by atoms with Gasteiger partial charge in [0.2, 0.25) is 11.5 Å². The monoisotopic (exact) mass is 450 g/mol. The Bertz CT molecular complexity index is 1050. The number of carbonyl (C=O) groups is 1. The van der Waals surface area contributed by atoms with Gasteiger partial charge in [-0.05, 0) is 31.2 Å². The molecule has 1 aliphatic carbocycles. The summed E-state index contributed by atoms with van der Waals surface area (Å²) in [5, 5.41) is 0. The van der Waals surface area contributed by atoms with Gasteiger partial charge in [-0.3, -0.25) is 19.5 Å². The molecule has 172 valence electrons. The van der Waals surface area contributed by atoms with Crippen molar-refractivity contribution in [3.05, 3.63) is 58.0 Å². The normalized spacial score (nSPS) is 22.8. The Morgan fingerprint density at radius 1 is 1.41 bits per heavy atom. The Kier molecular flexibility index (Phi) is 5.74. The van der Waals surface area contributed by atoms with Crippen LogP contribution >= 0.6 is 0 Å². The first-order valence-corrected chi connectivity index (χ1v) is 10.5. The number of rotatable bonds is 7. The van der Waals surface area contributed by atoms with Crippen molar-refractivity contribution < 1.29 is 22.7 Å². The lowest BCUT2D eigenvalue weighted by molar-refractivity contribution is -0.139. The fraction of sp³-hybridized carbons (Fsp3) is 0.500. The number of amides is 1. The van der Waals surface area contributed by atoms with Crippen LogP contribution in [0.2, 0.25) is 0 Å². The fourth-order valence-corrected chi connectivity index (χ4v) is 4.08. The molecule has 1 unspecified atom stereocenters. The smallest absolute Gasteiger partial charge is 0.257 e. The highest BCUT2D eigenvalue weighted by atomic mass is 19.3. The summed E-state index contributed by atoms with van der Waals surface area (Å²) in [6.07, 6.45) is 4.13. The summed E-state index contributed by atoms with van der Waals surface area (Å²) in [4.78, 5) is 31.8. The molecule has 10 heteroatoms. The zero-order valence-corrected chi connectivity index (χ0v) is 17.6. The van der Waals surface area contributed by atoms with Gasteiger partial charge < -0.3 is 15.5 Å². The molecule has 0 radical (unpaired) electrons. The highest BCUT2D eigenvalue weighted by Gasteiger charge is 2.52. The predicted molar refractivity (Wildman–Crippen MR) is 110 cm³/mol. The van der Waals surface area contributed by atoms with E-state index < -0.39 is 41.1 Å². The van der Waals surface area contributed by atoms with Gasteiger partial charge >= 0.3 is 0 Å². The van der Waals surface area contributed by atoms with Crippen LogP contribution in [0.4, 0.5) is 13.2 Å². The molecule has 0 spiro atoms. The Hall–Kier alpha value is -2.88. The number of ether oxygens (including phenoxy) is 1. The number of piperidine rings is 1. The summed E-state index contributed by atoms with van der Waals surface area (Å²) in [5.41, 5.74) is 3.47. The minimum atomic E-state index is -3.08. The molecule has 2 aromatic rings. The first-order valence-electron chi connectivity index (χ1n) is 10.5. The van der Waals surface area contributed by atoms with Gasteiger partial charge in [0.25, 0.3) is 5.92 Å². The molecule has 1 saturated heterocycles. The molecule has 3 heterocycles. The third kappa shape index (κ3) is 4.23. The van der Waals surface area contributed by atoms with Crippen LogP contribution in [0.25, 0.3) is 0 Å². The molecule has 4 rings (SSSR count). The maximum absolute atomic E-state index is 15.1. The van der Waals surface area contributed by atoms with E-state index in [0.29, 0.717) is 12.5 Å². The van der Waals surface area contributed by atoms with Crippen molar-refractivity contribution in [2.24, 2.45) is 11.7 Å². The molecule has 2 atom stereocenters. The number of carbonyl (C=O) groups excluding carboxylic acids is 1. The van der Waals surface area contributed by atoms with E-state index in [1.165, 1.54) is 36.4 Å². The summed E-state index contributed by atoms with van der Waals surface area (Å²) in [6, 6.07) is 3.64. The number of alkyl halides is 2. The molecule has 2 aliphatic rings. The van der Waals surface area contributed by atoms with Gasteiger partial charge in [-0.2, -0.15) is 0 Å². The van der Waals surface area contributed by atoms with Crippen molar-refractivity contribution in [1.82, 2.24) is 14.9 Å². The Balaban J connectivity index is 1.64. The minimum absolute atomic E-state index is 0.187. The van der Waals surface area contributed by atoms with Gasteiger partial charge in [-0.25, -0.2) is 13.2 Å². The maximum atomic E-state index is 15.1. The second-order valence-corrected chi connectivity index (χ2v) is 8.69. The van der Waals surface area contributed by atoms with Crippen LogP contribution < -0.4 is 16.0 Å². The highest BCUT2D eigenvalue weighted by Crippen LogP contribution is 2.44. The van der Waals surface area contributed by atoms with Crippen molar-refractivity contribution in [2.45, 2.75) is 43.6 Å². The van der Waals surface area contributed by atoms with E-state index in [1.807, 2.05) is 0 Å². The van der Waals surface area contributed by atoms with Crippen molar-refractivity contribution in [3.8, 4) is 5.75 Å². The van der Waals surface area contributed by atoms with Gasteiger partial charge in [0.05, 0.1) is 18.7 Å². The van der Waals surface area contributed by atoms with E-state index in [9.17, 15) is 18.4 Å². The highest BCUT2D eigenvalue weighted by molar-refractivity contribution is 5.85. The predicted octanol–water partition coefficient (Wildman–Crippen LogP) is 2.52. The molecule has 1 aliphatic heterocycles. The van der Waals surface area contributed by atoms with Crippen molar-refractivity contribution in [3.63, 3.8) is 0 Å². The van der Waals surface area contributed by atoms with E-state index in [4.69, 9.17) is 10.5 Å². The minimum Gasteiger partial charge on any atom is -0.492 e. The van der Waals surface area contributed by atoms with Crippen LogP contribution in [0.3, 0.4) is 0 Å². The number of nitrogens with one attached hydrogen (secondary N) is 1. The fourth-order valence-electron chi connectivity index (χ4n) is 4.08. The van der Waals surface area contributed by atoms with E-state index in [-0.39, 0.29) is 30.1 Å². The summed E-state index contributed by atoms with van der Waals surface area (Å²) < 4.78 is 50.1. The molecule has 1 amide bonds. The van der Waals surface area contributed by atoms with Gasteiger partial charge in [-0.15, -0.1) is 0 Å². The van der Waals surface area contributed by atoms with E-state index in [2.05, 4.69) is 9.97 Å². The molecule has 0 bridgehead atoms. The number of aromatic amines is 1. The number of nitrogens with two attached hydrogens (primary N) is 1. The number of likely N-dealkylation sites (tertiary alicyclic amines) is 1. The van der Waals surface area contributed by atoms with Crippen molar-refractivity contribution in [1.29, 1.82) is 0 Å². The average molecular weight is 450 g/mol. The number of hydrogen-bond acceptors (Lipinski definition) is 5. The molecule has 2 fully saturated rings. The molecular weight excluding hydrogens is 425 g/mol. The van der Waals surface area contributed by atoms with E-state index in [0.717, 1.165) is 18.9 Å². The molecular formula is C22H25F3N4O3. The van der Waals surface area contributed by atoms with Gasteiger partial charge in [0.1, 0.15) is 17.0 Å². The first kappa shape index (κ1) is 22.3. The third-order valence-corrected chi connectivity index (χ3v) is 6.41. The van der Waals surface area contributed by atoms with E-state index >= 15 is 4.39 Å². The lowest BCUT2D eigenvalue weighted by Crippen LogP contribution is -2.59. The summed E-state index contributed by atoms with van der Waals surface area (Å²) in [5.74, 6) is -5.40. The number of primary amides is 1. The Morgan fingerprint density at radius 3 is 2.75 bits per heavy atom. The van der Waals surface area contributed by atoms with Crippen molar-refractivity contribution in [2.75, 3.05) is 19.7 Å². The molecule has 7 nitrogen and oxygen atoms in total. The number of pyridine rings is 2. The SMILES string of the molecule is CC(C(N)=O)(c1ncc(OCC2CC2)cc1F)N1CCC(F)(F)[C@@H](c2ccc(=O)[nH]c2)C1. The second kappa shape index (κ2) is 8.23. The number of H-pyrrole nitrogens is 1. The van der Waals surface area contributed by atoms with Crippen LogP contribution in [0, 0.1) is 11.7 Å². The van der Waals surface area contributed by atoms with Crippen LogP contribution in [0.1, 0.15) is 43.4 Å². The Labute approximate surface area is 182 Å². The molecule has 3 N–H and O–H groups in total.